The standard InChI is InChI=1S/C12H18N4O2/c1-9-12(14)10(2)16(15-9)8-11(17)18-7-5-3-4-6-13/h3-5,7-8,14H2,1-2H3. The Kier molecular flexibility index (Phi) is 5.18. The maximum atomic E-state index is 11.5. The van der Waals surface area contributed by atoms with Gasteiger partial charge in [0.15, 0.2) is 0 Å². The van der Waals surface area contributed by atoms with Crippen LogP contribution in [0, 0.1) is 25.2 Å². The number of nitrogens with zero attached hydrogens (tertiary/aromatic N) is 3. The van der Waals surface area contributed by atoms with Gasteiger partial charge >= 0.3 is 5.97 Å². The molecule has 6 heteroatoms. The van der Waals surface area contributed by atoms with Crippen molar-refractivity contribution in [2.24, 2.45) is 0 Å². The monoisotopic (exact) mass is 250 g/mol. The normalized spacial score (nSPS) is 10.1. The minimum absolute atomic E-state index is 0.0716. The summed E-state index contributed by atoms with van der Waals surface area (Å²) in [6, 6.07) is 2.04. The Morgan fingerprint density at radius 2 is 2.22 bits per heavy atom. The van der Waals surface area contributed by atoms with Gasteiger partial charge in [-0.1, -0.05) is 0 Å². The van der Waals surface area contributed by atoms with Crippen LogP contribution < -0.4 is 5.73 Å². The first-order valence-electron chi connectivity index (χ1n) is 5.88. The van der Waals surface area contributed by atoms with Gasteiger partial charge in [0.25, 0.3) is 0 Å². The molecule has 0 aliphatic rings. The molecule has 0 fully saturated rings. The van der Waals surface area contributed by atoms with Crippen LogP contribution in [0.4, 0.5) is 5.69 Å². The number of carbonyl (C=O) groups excluding carboxylic acids is 1. The number of nitrogens with two attached hydrogens (primary N) is 1. The minimum atomic E-state index is -0.336. The second-order valence-electron chi connectivity index (χ2n) is 4.08. The molecular formula is C12H18N4O2. The molecule has 0 amide bonds. The Hall–Kier alpha value is -2.03. The van der Waals surface area contributed by atoms with E-state index in [0.717, 1.165) is 12.1 Å². The van der Waals surface area contributed by atoms with Crippen LogP contribution in [0.15, 0.2) is 0 Å². The maximum Gasteiger partial charge on any atom is 0.327 e. The molecule has 0 saturated carbocycles. The van der Waals surface area contributed by atoms with Crippen LogP contribution in [0.2, 0.25) is 0 Å². The third-order valence-electron chi connectivity index (χ3n) is 2.66. The molecule has 0 radical (unpaired) electrons. The van der Waals surface area contributed by atoms with E-state index < -0.39 is 0 Å². The van der Waals surface area contributed by atoms with Crippen molar-refractivity contribution in [1.82, 2.24) is 9.78 Å². The van der Waals surface area contributed by atoms with E-state index in [-0.39, 0.29) is 12.5 Å². The number of hydrogen-bond acceptors (Lipinski definition) is 5. The number of ether oxygens (including phenoxy) is 1. The largest absolute Gasteiger partial charge is 0.464 e. The zero-order chi connectivity index (χ0) is 13.5. The fourth-order valence-corrected chi connectivity index (χ4v) is 1.52. The van der Waals surface area contributed by atoms with Gasteiger partial charge in [-0.05, 0) is 26.7 Å². The van der Waals surface area contributed by atoms with E-state index in [1.807, 2.05) is 13.0 Å². The first-order chi connectivity index (χ1) is 8.56. The molecule has 1 aromatic heterocycles. The lowest BCUT2D eigenvalue weighted by molar-refractivity contribution is -0.144. The van der Waals surface area contributed by atoms with Crippen LogP contribution in [0.3, 0.4) is 0 Å². The Balaban J connectivity index is 2.36. The van der Waals surface area contributed by atoms with Gasteiger partial charge in [-0.25, -0.2) is 0 Å². The van der Waals surface area contributed by atoms with Crippen molar-refractivity contribution in [2.75, 3.05) is 12.3 Å². The van der Waals surface area contributed by atoms with Crippen LogP contribution in [-0.4, -0.2) is 22.4 Å². The number of rotatable bonds is 6. The molecule has 1 rings (SSSR count). The predicted molar refractivity (Wildman–Crippen MR) is 66.5 cm³/mol. The molecule has 0 saturated heterocycles. The summed E-state index contributed by atoms with van der Waals surface area (Å²) in [6.07, 6.45) is 1.95. The van der Waals surface area contributed by atoms with E-state index in [4.69, 9.17) is 15.7 Å². The summed E-state index contributed by atoms with van der Waals surface area (Å²) in [5, 5.41) is 12.5. The number of aromatic nitrogens is 2. The fraction of sp³-hybridized carbons (Fsp3) is 0.583. The maximum absolute atomic E-state index is 11.5. The summed E-state index contributed by atoms with van der Waals surface area (Å²) in [5.41, 5.74) is 7.86. The first-order valence-corrected chi connectivity index (χ1v) is 5.88. The number of aryl methyl sites for hydroxylation is 1. The Bertz CT molecular complexity index is 459. The van der Waals surface area contributed by atoms with E-state index in [2.05, 4.69) is 5.10 Å². The average Bonchev–Trinajstić information content (AvgIpc) is 2.57. The second kappa shape index (κ2) is 6.64. The van der Waals surface area contributed by atoms with Crippen LogP contribution >= 0.6 is 0 Å². The molecule has 1 heterocycles. The van der Waals surface area contributed by atoms with Gasteiger partial charge in [-0.3, -0.25) is 9.48 Å². The summed E-state index contributed by atoms with van der Waals surface area (Å²) in [6.45, 7) is 4.03. The SMILES string of the molecule is Cc1nn(CC(=O)OCCCCC#N)c(C)c1N. The van der Waals surface area contributed by atoms with Crippen molar-refractivity contribution in [2.45, 2.75) is 39.7 Å². The molecule has 0 spiro atoms. The van der Waals surface area contributed by atoms with Crippen molar-refractivity contribution >= 4 is 11.7 Å². The number of unbranched alkanes of at least 4 members (excludes halogenated alkanes) is 2. The number of carbonyl (C=O) groups is 1. The van der Waals surface area contributed by atoms with Gasteiger partial charge in [0.2, 0.25) is 0 Å². The summed E-state index contributed by atoms with van der Waals surface area (Å²) in [5.74, 6) is -0.336. The van der Waals surface area contributed by atoms with Crippen molar-refractivity contribution < 1.29 is 9.53 Å². The quantitative estimate of drug-likeness (QED) is 0.607. The highest BCUT2D eigenvalue weighted by Crippen LogP contribution is 2.14. The molecule has 2 N–H and O–H groups in total. The predicted octanol–water partition coefficient (Wildman–Crippen LogP) is 1.32. The number of nitrogen functional groups attached to an aromatic ring is 1. The average molecular weight is 250 g/mol. The first kappa shape index (κ1) is 14.0. The molecule has 98 valence electrons. The summed E-state index contributed by atoms with van der Waals surface area (Å²) < 4.78 is 6.59. The van der Waals surface area contributed by atoms with E-state index in [1.165, 1.54) is 0 Å². The minimum Gasteiger partial charge on any atom is -0.464 e. The third-order valence-corrected chi connectivity index (χ3v) is 2.66. The molecule has 6 nitrogen and oxygen atoms in total. The van der Waals surface area contributed by atoms with Gasteiger partial charge in [-0.2, -0.15) is 10.4 Å². The van der Waals surface area contributed by atoms with E-state index >= 15 is 0 Å². The van der Waals surface area contributed by atoms with Crippen molar-refractivity contribution in [3.8, 4) is 6.07 Å². The van der Waals surface area contributed by atoms with Crippen LogP contribution in [0.1, 0.15) is 30.7 Å². The highest BCUT2D eigenvalue weighted by molar-refractivity contribution is 5.69. The molecule has 0 aromatic carbocycles. The van der Waals surface area contributed by atoms with Crippen molar-refractivity contribution in [3.05, 3.63) is 11.4 Å². The van der Waals surface area contributed by atoms with Crippen molar-refractivity contribution in [1.29, 1.82) is 5.26 Å². The number of anilines is 1. The highest BCUT2D eigenvalue weighted by Gasteiger charge is 2.11. The van der Waals surface area contributed by atoms with Crippen LogP contribution in [0.25, 0.3) is 0 Å². The lowest BCUT2D eigenvalue weighted by Crippen LogP contribution is -2.16. The smallest absolute Gasteiger partial charge is 0.327 e. The number of hydrogen-bond donors (Lipinski definition) is 1. The topological polar surface area (TPSA) is 93.9 Å². The molecular weight excluding hydrogens is 232 g/mol. The summed E-state index contributed by atoms with van der Waals surface area (Å²) in [4.78, 5) is 11.5. The van der Waals surface area contributed by atoms with Crippen LogP contribution in [0.5, 0.6) is 0 Å². The van der Waals surface area contributed by atoms with Crippen molar-refractivity contribution in [3.63, 3.8) is 0 Å². The van der Waals surface area contributed by atoms with Gasteiger partial charge in [-0.15, -0.1) is 0 Å². The van der Waals surface area contributed by atoms with E-state index in [9.17, 15) is 4.79 Å². The molecule has 0 bridgehead atoms. The molecule has 0 aliphatic heterocycles. The Morgan fingerprint density at radius 1 is 1.50 bits per heavy atom. The zero-order valence-corrected chi connectivity index (χ0v) is 10.8. The summed E-state index contributed by atoms with van der Waals surface area (Å²) >= 11 is 0. The fourth-order valence-electron chi connectivity index (χ4n) is 1.52. The van der Waals surface area contributed by atoms with Gasteiger partial charge in [0, 0.05) is 6.42 Å². The summed E-state index contributed by atoms with van der Waals surface area (Å²) in [7, 11) is 0. The Morgan fingerprint density at radius 3 is 2.78 bits per heavy atom. The van der Waals surface area contributed by atoms with Gasteiger partial charge in [0.05, 0.1) is 29.8 Å². The lowest BCUT2D eigenvalue weighted by atomic mass is 10.3. The molecule has 0 aliphatic carbocycles. The highest BCUT2D eigenvalue weighted by atomic mass is 16.5. The van der Waals surface area contributed by atoms with E-state index in [0.29, 0.717) is 30.8 Å². The molecule has 0 atom stereocenters. The molecule has 1 aromatic rings. The lowest BCUT2D eigenvalue weighted by Gasteiger charge is -2.05. The van der Waals surface area contributed by atoms with Crippen LogP contribution in [-0.2, 0) is 16.1 Å². The zero-order valence-electron chi connectivity index (χ0n) is 10.8. The number of nitriles is 1. The number of esters is 1. The third kappa shape index (κ3) is 3.77. The molecule has 18 heavy (non-hydrogen) atoms. The van der Waals surface area contributed by atoms with E-state index in [1.54, 1.807) is 11.6 Å². The van der Waals surface area contributed by atoms with Gasteiger partial charge < -0.3 is 10.5 Å². The Labute approximate surface area is 106 Å². The molecule has 0 unspecified atom stereocenters. The van der Waals surface area contributed by atoms with Gasteiger partial charge in [0.1, 0.15) is 6.54 Å². The second-order valence-corrected chi connectivity index (χ2v) is 4.08.